The predicted molar refractivity (Wildman–Crippen MR) is 94.6 cm³/mol. The van der Waals surface area contributed by atoms with E-state index in [4.69, 9.17) is 0 Å². The van der Waals surface area contributed by atoms with Crippen LogP contribution in [-0.2, 0) is 5.75 Å². The topological polar surface area (TPSA) is 42.0 Å². The van der Waals surface area contributed by atoms with E-state index in [1.165, 1.54) is 5.56 Å². The number of hydrogen-bond donors (Lipinski definition) is 1. The SMILES string of the molecule is C/C=C/CCNC(=O)c1ccc(CSc2nc(C)cs2)cc1. The minimum Gasteiger partial charge on any atom is -0.352 e. The summed E-state index contributed by atoms with van der Waals surface area (Å²) >= 11 is 3.40. The van der Waals surface area contributed by atoms with Crippen LogP contribution >= 0.6 is 23.1 Å². The maximum atomic E-state index is 12.0. The standard InChI is InChI=1S/C17H20N2OS2/c1-3-4-5-10-18-16(20)15-8-6-14(7-9-15)12-22-17-19-13(2)11-21-17/h3-4,6-9,11H,5,10,12H2,1-2H3,(H,18,20)/b4-3+. The molecule has 1 N–H and O–H groups in total. The van der Waals surface area contributed by atoms with Crippen LogP contribution in [0.2, 0.25) is 0 Å². The first-order valence-corrected chi connectivity index (χ1v) is 9.09. The molecule has 0 radical (unpaired) electrons. The summed E-state index contributed by atoms with van der Waals surface area (Å²) in [5.74, 6) is 0.857. The number of nitrogens with zero attached hydrogens (tertiary/aromatic N) is 1. The summed E-state index contributed by atoms with van der Waals surface area (Å²) in [7, 11) is 0. The molecule has 5 heteroatoms. The van der Waals surface area contributed by atoms with E-state index in [1.54, 1.807) is 23.1 Å². The quantitative estimate of drug-likeness (QED) is 0.463. The van der Waals surface area contributed by atoms with Crippen molar-refractivity contribution in [2.75, 3.05) is 6.54 Å². The Balaban J connectivity index is 1.83. The van der Waals surface area contributed by atoms with E-state index in [1.807, 2.05) is 50.3 Å². The number of amides is 1. The third-order valence-electron chi connectivity index (χ3n) is 3.01. The van der Waals surface area contributed by atoms with Gasteiger partial charge in [0.05, 0.1) is 0 Å². The molecule has 1 aromatic heterocycles. The third-order valence-corrected chi connectivity index (χ3v) is 5.22. The van der Waals surface area contributed by atoms with Crippen LogP contribution in [0.4, 0.5) is 0 Å². The summed E-state index contributed by atoms with van der Waals surface area (Å²) in [6, 6.07) is 7.78. The fourth-order valence-electron chi connectivity index (χ4n) is 1.83. The highest BCUT2D eigenvalue weighted by molar-refractivity contribution is 8.00. The van der Waals surface area contributed by atoms with E-state index in [0.717, 1.165) is 22.2 Å². The Hall–Kier alpha value is -1.59. The lowest BCUT2D eigenvalue weighted by Crippen LogP contribution is -2.24. The average Bonchev–Trinajstić information content (AvgIpc) is 2.95. The molecule has 0 aliphatic carbocycles. The van der Waals surface area contributed by atoms with E-state index in [0.29, 0.717) is 12.1 Å². The first kappa shape index (κ1) is 16.8. The van der Waals surface area contributed by atoms with Crippen molar-refractivity contribution >= 4 is 29.0 Å². The lowest BCUT2D eigenvalue weighted by Gasteiger charge is -2.05. The molecule has 3 nitrogen and oxygen atoms in total. The third kappa shape index (κ3) is 5.31. The van der Waals surface area contributed by atoms with Crippen molar-refractivity contribution in [3.05, 3.63) is 58.6 Å². The Morgan fingerprint density at radius 2 is 2.14 bits per heavy atom. The van der Waals surface area contributed by atoms with Gasteiger partial charge in [0.15, 0.2) is 0 Å². The summed E-state index contributed by atoms with van der Waals surface area (Å²) in [6.07, 6.45) is 4.90. The molecule has 2 aromatic rings. The molecule has 0 unspecified atom stereocenters. The van der Waals surface area contributed by atoms with Gasteiger partial charge < -0.3 is 5.32 Å². The molecule has 0 aliphatic heterocycles. The van der Waals surface area contributed by atoms with Crippen molar-refractivity contribution in [1.82, 2.24) is 10.3 Å². The van der Waals surface area contributed by atoms with Crippen LogP contribution in [-0.4, -0.2) is 17.4 Å². The Kier molecular flexibility index (Phi) is 6.68. The zero-order chi connectivity index (χ0) is 15.8. The normalized spacial score (nSPS) is 11.0. The number of thiazole rings is 1. The maximum absolute atomic E-state index is 12.0. The highest BCUT2D eigenvalue weighted by atomic mass is 32.2. The Labute approximate surface area is 139 Å². The number of nitrogens with one attached hydrogen (secondary N) is 1. The molecule has 116 valence electrons. The van der Waals surface area contributed by atoms with Crippen molar-refractivity contribution in [1.29, 1.82) is 0 Å². The smallest absolute Gasteiger partial charge is 0.251 e. The highest BCUT2D eigenvalue weighted by Crippen LogP contribution is 2.25. The van der Waals surface area contributed by atoms with Crippen molar-refractivity contribution in [2.24, 2.45) is 0 Å². The summed E-state index contributed by atoms with van der Waals surface area (Å²) in [5.41, 5.74) is 2.97. The number of carbonyl (C=O) groups is 1. The number of thioether (sulfide) groups is 1. The summed E-state index contributed by atoms with van der Waals surface area (Å²) < 4.78 is 1.09. The molecule has 0 aliphatic rings. The molecule has 1 heterocycles. The monoisotopic (exact) mass is 332 g/mol. The van der Waals surface area contributed by atoms with E-state index >= 15 is 0 Å². The van der Waals surface area contributed by atoms with Gasteiger partial charge >= 0.3 is 0 Å². The number of carbonyl (C=O) groups excluding carboxylic acids is 1. The highest BCUT2D eigenvalue weighted by Gasteiger charge is 2.05. The Morgan fingerprint density at radius 3 is 2.77 bits per heavy atom. The molecule has 0 bridgehead atoms. The van der Waals surface area contributed by atoms with Crippen LogP contribution in [0.3, 0.4) is 0 Å². The largest absolute Gasteiger partial charge is 0.352 e. The minimum absolute atomic E-state index is 0.0146. The lowest BCUT2D eigenvalue weighted by molar-refractivity contribution is 0.0954. The second kappa shape index (κ2) is 8.76. The molecular weight excluding hydrogens is 312 g/mol. The van der Waals surface area contributed by atoms with Gasteiger partial charge in [0.1, 0.15) is 4.34 Å². The maximum Gasteiger partial charge on any atom is 0.251 e. The van der Waals surface area contributed by atoms with Gasteiger partial charge in [0.2, 0.25) is 0 Å². The van der Waals surface area contributed by atoms with Crippen LogP contribution < -0.4 is 5.32 Å². The Bertz CT molecular complexity index is 632. The molecule has 0 saturated heterocycles. The van der Waals surface area contributed by atoms with Crippen LogP contribution in [0.5, 0.6) is 0 Å². The minimum atomic E-state index is -0.0146. The van der Waals surface area contributed by atoms with Gasteiger partial charge in [0, 0.05) is 28.9 Å². The molecule has 2 rings (SSSR count). The summed E-state index contributed by atoms with van der Waals surface area (Å²) in [4.78, 5) is 16.4. The zero-order valence-corrected chi connectivity index (χ0v) is 14.5. The molecular formula is C17H20N2OS2. The van der Waals surface area contributed by atoms with Crippen LogP contribution in [0.1, 0.15) is 35.0 Å². The number of hydrogen-bond acceptors (Lipinski definition) is 4. The molecule has 0 saturated carbocycles. The van der Waals surface area contributed by atoms with E-state index in [9.17, 15) is 4.79 Å². The molecule has 22 heavy (non-hydrogen) atoms. The van der Waals surface area contributed by atoms with Gasteiger partial charge in [-0.15, -0.1) is 11.3 Å². The van der Waals surface area contributed by atoms with E-state index in [-0.39, 0.29) is 5.91 Å². The van der Waals surface area contributed by atoms with Gasteiger partial charge in [-0.25, -0.2) is 4.98 Å². The number of allylic oxidation sites excluding steroid dienone is 1. The molecule has 0 fully saturated rings. The number of benzene rings is 1. The first-order valence-electron chi connectivity index (χ1n) is 7.22. The first-order chi connectivity index (χ1) is 10.7. The van der Waals surface area contributed by atoms with Crippen molar-refractivity contribution in [3.8, 4) is 0 Å². The molecule has 0 spiro atoms. The zero-order valence-electron chi connectivity index (χ0n) is 12.8. The van der Waals surface area contributed by atoms with Crippen LogP contribution in [0, 0.1) is 6.92 Å². The van der Waals surface area contributed by atoms with Crippen molar-refractivity contribution in [2.45, 2.75) is 30.4 Å². The summed E-state index contributed by atoms with van der Waals surface area (Å²) in [5, 5.41) is 4.97. The van der Waals surface area contributed by atoms with E-state index < -0.39 is 0 Å². The van der Waals surface area contributed by atoms with E-state index in [2.05, 4.69) is 15.7 Å². The van der Waals surface area contributed by atoms with Gasteiger partial charge in [-0.3, -0.25) is 4.79 Å². The van der Waals surface area contributed by atoms with Gasteiger partial charge in [0.25, 0.3) is 5.91 Å². The molecule has 1 aromatic carbocycles. The lowest BCUT2D eigenvalue weighted by atomic mass is 10.1. The molecule has 1 amide bonds. The second-order valence-electron chi connectivity index (χ2n) is 4.85. The number of aromatic nitrogens is 1. The number of rotatable bonds is 7. The number of aryl methyl sites for hydroxylation is 1. The van der Waals surface area contributed by atoms with Gasteiger partial charge in [-0.1, -0.05) is 36.0 Å². The fourth-order valence-corrected chi connectivity index (χ4v) is 3.64. The van der Waals surface area contributed by atoms with Crippen molar-refractivity contribution in [3.63, 3.8) is 0 Å². The van der Waals surface area contributed by atoms with Crippen LogP contribution in [0.25, 0.3) is 0 Å². The van der Waals surface area contributed by atoms with Gasteiger partial charge in [-0.05, 0) is 38.0 Å². The fraction of sp³-hybridized carbons (Fsp3) is 0.294. The second-order valence-corrected chi connectivity index (χ2v) is 6.93. The average molecular weight is 332 g/mol. The predicted octanol–water partition coefficient (Wildman–Crippen LogP) is 4.44. The van der Waals surface area contributed by atoms with Crippen molar-refractivity contribution < 1.29 is 4.79 Å². The Morgan fingerprint density at radius 1 is 1.36 bits per heavy atom. The van der Waals surface area contributed by atoms with Gasteiger partial charge in [-0.2, -0.15) is 0 Å². The summed E-state index contributed by atoms with van der Waals surface area (Å²) in [6.45, 7) is 4.65. The van der Waals surface area contributed by atoms with Crippen LogP contribution in [0.15, 0.2) is 46.1 Å². The molecule has 0 atom stereocenters.